The topological polar surface area (TPSA) is 146 Å². The van der Waals surface area contributed by atoms with Crippen molar-refractivity contribution >= 4 is 34.5 Å². The number of aryl methyl sites for hydroxylation is 1. The Morgan fingerprint density at radius 1 is 1.04 bits per heavy atom. The fourth-order valence-corrected chi connectivity index (χ4v) is 5.68. The van der Waals surface area contributed by atoms with Gasteiger partial charge in [0.2, 0.25) is 5.91 Å². The van der Waals surface area contributed by atoms with Crippen molar-refractivity contribution in [3.05, 3.63) is 120 Å². The molecule has 0 saturated heterocycles. The number of nitrogens with two attached hydrogens (primary N) is 1. The summed E-state index contributed by atoms with van der Waals surface area (Å²) in [6.07, 6.45) is 7.47. The van der Waals surface area contributed by atoms with E-state index in [4.69, 9.17) is 15.7 Å². The van der Waals surface area contributed by atoms with Crippen LogP contribution in [0.3, 0.4) is 0 Å². The summed E-state index contributed by atoms with van der Waals surface area (Å²) < 4.78 is 18.4. The lowest BCUT2D eigenvalue weighted by molar-refractivity contribution is -0.111. The molecule has 12 heteroatoms. The third-order valence-electron chi connectivity index (χ3n) is 7.76. The third-order valence-corrected chi connectivity index (χ3v) is 7.76. The van der Waals surface area contributed by atoms with Crippen molar-refractivity contribution < 1.29 is 14.0 Å². The van der Waals surface area contributed by atoms with E-state index in [0.717, 1.165) is 22.9 Å². The molecule has 11 nitrogen and oxygen atoms in total. The van der Waals surface area contributed by atoms with E-state index in [1.54, 1.807) is 23.1 Å². The number of fused-ring (bicyclic) bond motifs is 2. The average molecular weight is 600 g/mol. The van der Waals surface area contributed by atoms with Crippen LogP contribution in [0.2, 0.25) is 0 Å². The third kappa shape index (κ3) is 4.97. The van der Waals surface area contributed by atoms with Gasteiger partial charge in [-0.25, -0.2) is 24.0 Å². The Kier molecular flexibility index (Phi) is 6.85. The largest absolute Gasteiger partial charge is 0.383 e. The maximum atomic E-state index is 14.8. The van der Waals surface area contributed by atoms with Gasteiger partial charge in [-0.2, -0.15) is 5.10 Å². The minimum Gasteiger partial charge on any atom is -0.383 e. The molecule has 0 spiro atoms. The fraction of sp³-hybridized carbons (Fsp3) is 0.0909. The molecule has 0 radical (unpaired) electrons. The number of carbonyl (C=O) groups is 2. The van der Waals surface area contributed by atoms with Gasteiger partial charge in [0, 0.05) is 24.3 Å². The first-order valence-corrected chi connectivity index (χ1v) is 14.2. The lowest BCUT2D eigenvalue weighted by atomic mass is 10.1. The lowest BCUT2D eigenvalue weighted by Gasteiger charge is -2.17. The van der Waals surface area contributed by atoms with Crippen LogP contribution in [0.1, 0.15) is 33.9 Å². The highest BCUT2D eigenvalue weighted by Gasteiger charge is 2.28. The van der Waals surface area contributed by atoms with Crippen molar-refractivity contribution in [2.75, 3.05) is 11.1 Å². The van der Waals surface area contributed by atoms with Gasteiger partial charge in [0.05, 0.1) is 22.9 Å². The Bertz CT molecular complexity index is 2120. The summed E-state index contributed by atoms with van der Waals surface area (Å²) in [5, 5.41) is 9.78. The number of pyridine rings is 2. The quantitative estimate of drug-likeness (QED) is 0.221. The number of nitrogen functional groups attached to an aromatic ring is 1. The second-order valence-electron chi connectivity index (χ2n) is 10.5. The summed E-state index contributed by atoms with van der Waals surface area (Å²) in [5.74, 6) is -0.364. The molecule has 1 aliphatic rings. The van der Waals surface area contributed by atoms with Crippen LogP contribution in [0.5, 0.6) is 0 Å². The monoisotopic (exact) mass is 599 g/mol. The maximum Gasteiger partial charge on any atom is 0.256 e. The molecule has 2 amide bonds. The van der Waals surface area contributed by atoms with E-state index in [9.17, 15) is 14.0 Å². The molecule has 6 aromatic rings. The number of benzene rings is 2. The standard InChI is InChI=1S/C33H26FN9O2/c1-2-28(44)38-25-8-3-7-23(34)29(25)33(45)40-24-12-9-19-18-20(10-11-21(19)24)43-31(22-6-4-15-36-30(22)35)39-26-13-14-27(41-32(26)43)42-17-5-16-37-42/h2-8,10-11,13-18,24H,1,9,12H2,(H2,35,36)(H,38,44)(H,40,45)/t24-/m0/s1. The molecule has 0 aliphatic heterocycles. The number of anilines is 2. The highest BCUT2D eigenvalue weighted by molar-refractivity contribution is 6.06. The van der Waals surface area contributed by atoms with Crippen molar-refractivity contribution in [2.45, 2.75) is 18.9 Å². The number of nitrogens with zero attached hydrogens (tertiary/aromatic N) is 6. The predicted molar refractivity (Wildman–Crippen MR) is 167 cm³/mol. The summed E-state index contributed by atoms with van der Waals surface area (Å²) >= 11 is 0. The number of imidazole rings is 1. The minimum absolute atomic E-state index is 0.0714. The molecule has 4 aromatic heterocycles. The van der Waals surface area contributed by atoms with E-state index in [1.807, 2.05) is 53.2 Å². The van der Waals surface area contributed by atoms with Crippen molar-refractivity contribution in [2.24, 2.45) is 0 Å². The van der Waals surface area contributed by atoms with Gasteiger partial charge in [-0.15, -0.1) is 0 Å². The minimum atomic E-state index is -0.737. The van der Waals surface area contributed by atoms with Gasteiger partial charge >= 0.3 is 0 Å². The van der Waals surface area contributed by atoms with Crippen LogP contribution in [0.25, 0.3) is 34.1 Å². The number of carbonyl (C=O) groups excluding carboxylic acids is 2. The first kappa shape index (κ1) is 27.7. The summed E-state index contributed by atoms with van der Waals surface area (Å²) in [4.78, 5) is 39.3. The second-order valence-corrected chi connectivity index (χ2v) is 10.5. The molecule has 2 aromatic carbocycles. The zero-order valence-electron chi connectivity index (χ0n) is 23.8. The summed E-state index contributed by atoms with van der Waals surface area (Å²) in [7, 11) is 0. The smallest absolute Gasteiger partial charge is 0.256 e. The average Bonchev–Trinajstić information content (AvgIpc) is 3.80. The van der Waals surface area contributed by atoms with Gasteiger partial charge < -0.3 is 16.4 Å². The molecule has 1 atom stereocenters. The fourth-order valence-electron chi connectivity index (χ4n) is 5.68. The zero-order chi connectivity index (χ0) is 31.1. The number of aromatic nitrogens is 6. The molecule has 45 heavy (non-hydrogen) atoms. The van der Waals surface area contributed by atoms with E-state index in [2.05, 4.69) is 27.3 Å². The Hall–Kier alpha value is -6.17. The van der Waals surface area contributed by atoms with Gasteiger partial charge in [-0.3, -0.25) is 14.2 Å². The number of hydrogen-bond donors (Lipinski definition) is 3. The van der Waals surface area contributed by atoms with Crippen LogP contribution >= 0.6 is 0 Å². The lowest BCUT2D eigenvalue weighted by Crippen LogP contribution is -2.29. The van der Waals surface area contributed by atoms with Gasteiger partial charge in [-0.1, -0.05) is 18.7 Å². The van der Waals surface area contributed by atoms with Crippen LogP contribution in [-0.2, 0) is 11.2 Å². The number of amides is 2. The van der Waals surface area contributed by atoms with Crippen LogP contribution < -0.4 is 16.4 Å². The molecule has 7 rings (SSSR count). The Labute approximate surface area is 256 Å². The van der Waals surface area contributed by atoms with E-state index in [-0.39, 0.29) is 17.3 Å². The van der Waals surface area contributed by atoms with Gasteiger partial charge in [0.15, 0.2) is 17.3 Å². The molecule has 4 N–H and O–H groups in total. The Balaban J connectivity index is 1.27. The number of halogens is 1. The number of hydrogen-bond acceptors (Lipinski definition) is 7. The van der Waals surface area contributed by atoms with Crippen molar-refractivity contribution in [3.63, 3.8) is 0 Å². The van der Waals surface area contributed by atoms with Crippen molar-refractivity contribution in [1.29, 1.82) is 0 Å². The van der Waals surface area contributed by atoms with E-state index >= 15 is 0 Å². The van der Waals surface area contributed by atoms with Crippen LogP contribution in [0.15, 0.2) is 98.0 Å². The van der Waals surface area contributed by atoms with Crippen molar-refractivity contribution in [1.82, 2.24) is 34.6 Å². The van der Waals surface area contributed by atoms with Crippen LogP contribution in [0, 0.1) is 5.82 Å². The first-order chi connectivity index (χ1) is 21.9. The van der Waals surface area contributed by atoms with Gasteiger partial charge in [0.1, 0.15) is 17.2 Å². The molecule has 0 unspecified atom stereocenters. The molecule has 1 aliphatic carbocycles. The highest BCUT2D eigenvalue weighted by Crippen LogP contribution is 2.36. The predicted octanol–water partition coefficient (Wildman–Crippen LogP) is 4.93. The molecular weight excluding hydrogens is 573 g/mol. The second kappa shape index (κ2) is 11.2. The zero-order valence-corrected chi connectivity index (χ0v) is 23.8. The normalized spacial score (nSPS) is 13.8. The Morgan fingerprint density at radius 2 is 1.93 bits per heavy atom. The summed E-state index contributed by atoms with van der Waals surface area (Å²) in [6, 6.07) is 18.9. The molecular formula is C33H26FN9O2. The van der Waals surface area contributed by atoms with Gasteiger partial charge in [-0.05, 0) is 84.6 Å². The molecule has 222 valence electrons. The summed E-state index contributed by atoms with van der Waals surface area (Å²) in [6.45, 7) is 3.42. The number of rotatable bonds is 7. The van der Waals surface area contributed by atoms with Gasteiger partial charge in [0.25, 0.3) is 5.91 Å². The molecule has 0 saturated carbocycles. The SMILES string of the molecule is C=CC(=O)Nc1cccc(F)c1C(=O)N[C@H]1CCc2cc(-n3c(-c4cccnc4N)nc4ccc(-n5cccn5)nc43)ccc21. The molecule has 0 fully saturated rings. The Morgan fingerprint density at radius 3 is 2.73 bits per heavy atom. The van der Waals surface area contributed by atoms with E-state index in [0.29, 0.717) is 47.0 Å². The highest BCUT2D eigenvalue weighted by atomic mass is 19.1. The van der Waals surface area contributed by atoms with Crippen LogP contribution in [0.4, 0.5) is 15.9 Å². The van der Waals surface area contributed by atoms with E-state index < -0.39 is 17.6 Å². The van der Waals surface area contributed by atoms with Crippen molar-refractivity contribution in [3.8, 4) is 22.9 Å². The molecule has 4 heterocycles. The summed E-state index contributed by atoms with van der Waals surface area (Å²) in [5.41, 5.74) is 10.8. The van der Waals surface area contributed by atoms with E-state index in [1.165, 1.54) is 18.2 Å². The maximum absolute atomic E-state index is 14.8. The molecule has 0 bridgehead atoms. The first-order valence-electron chi connectivity index (χ1n) is 14.2. The van der Waals surface area contributed by atoms with Crippen LogP contribution in [-0.4, -0.2) is 41.1 Å². The number of nitrogens with one attached hydrogen (secondary N) is 2.